The van der Waals surface area contributed by atoms with Crippen LogP contribution in [0.2, 0.25) is 0 Å². The van der Waals surface area contributed by atoms with E-state index in [1.54, 1.807) is 0 Å². The first kappa shape index (κ1) is 14.3. The van der Waals surface area contributed by atoms with Crippen molar-refractivity contribution in [3.63, 3.8) is 0 Å². The van der Waals surface area contributed by atoms with E-state index in [9.17, 15) is 0 Å². The zero-order chi connectivity index (χ0) is 14.0. The molecule has 3 nitrogen and oxygen atoms in total. The lowest BCUT2D eigenvalue weighted by atomic mass is 10.2. The monoisotopic (exact) mass is 277 g/mol. The van der Waals surface area contributed by atoms with Crippen LogP contribution in [0.15, 0.2) is 18.2 Å². The molecule has 0 bridgehead atoms. The Bertz CT molecular complexity index is 609. The smallest absolute Gasteiger partial charge is 0.178 e. The first-order chi connectivity index (χ1) is 8.99. The third-order valence-corrected chi connectivity index (χ3v) is 4.03. The molecular formula is C15H23N3S. The molecule has 0 saturated carbocycles. The fraction of sp³-hybridized carbons (Fsp3) is 0.533. The Morgan fingerprint density at radius 2 is 2.11 bits per heavy atom. The predicted molar refractivity (Wildman–Crippen MR) is 84.2 cm³/mol. The number of fused-ring (bicyclic) bond motifs is 1. The Hall–Kier alpha value is -1.13. The number of nitrogens with one attached hydrogen (secondary N) is 1. The fourth-order valence-corrected chi connectivity index (χ4v) is 2.52. The second-order valence-corrected chi connectivity index (χ2v) is 5.92. The van der Waals surface area contributed by atoms with Gasteiger partial charge in [-0.25, -0.2) is 0 Å². The van der Waals surface area contributed by atoms with E-state index in [2.05, 4.69) is 60.5 Å². The Morgan fingerprint density at radius 1 is 1.37 bits per heavy atom. The van der Waals surface area contributed by atoms with Crippen LogP contribution in [0.5, 0.6) is 0 Å². The van der Waals surface area contributed by atoms with Gasteiger partial charge in [0.15, 0.2) is 4.77 Å². The van der Waals surface area contributed by atoms with E-state index in [1.165, 1.54) is 11.1 Å². The molecule has 0 amide bonds. The highest BCUT2D eigenvalue weighted by molar-refractivity contribution is 7.71. The van der Waals surface area contributed by atoms with Crippen molar-refractivity contribution < 1.29 is 0 Å². The van der Waals surface area contributed by atoms with Gasteiger partial charge < -0.3 is 14.5 Å². The summed E-state index contributed by atoms with van der Waals surface area (Å²) in [5.41, 5.74) is 3.62. The second kappa shape index (κ2) is 5.88. The second-order valence-electron chi connectivity index (χ2n) is 5.53. The summed E-state index contributed by atoms with van der Waals surface area (Å²) in [6.07, 6.45) is 1.11. The molecule has 4 heteroatoms. The molecule has 0 saturated heterocycles. The Morgan fingerprint density at radius 3 is 2.79 bits per heavy atom. The molecule has 0 unspecified atom stereocenters. The SMILES string of the molecule is Cc1ccc2[nH]c(=S)n(CCCN(C)C(C)C)c2c1. The molecule has 0 aliphatic carbocycles. The first-order valence-corrected chi connectivity index (χ1v) is 7.29. The summed E-state index contributed by atoms with van der Waals surface area (Å²) in [5, 5.41) is 0. The van der Waals surface area contributed by atoms with Gasteiger partial charge in [0, 0.05) is 12.6 Å². The maximum Gasteiger partial charge on any atom is 0.178 e. The highest BCUT2D eigenvalue weighted by Gasteiger charge is 2.06. The molecular weight excluding hydrogens is 254 g/mol. The van der Waals surface area contributed by atoms with Crippen LogP contribution >= 0.6 is 12.2 Å². The van der Waals surface area contributed by atoms with Crippen molar-refractivity contribution in [1.29, 1.82) is 0 Å². The molecule has 0 aliphatic rings. The molecule has 0 radical (unpaired) electrons. The van der Waals surface area contributed by atoms with Crippen molar-refractivity contribution in [2.24, 2.45) is 0 Å². The standard InChI is InChI=1S/C15H23N3S/c1-11(2)17(4)8-5-9-18-14-10-12(3)6-7-13(14)16-15(18)19/h6-7,10-11H,5,8-9H2,1-4H3,(H,16,19). The van der Waals surface area contributed by atoms with Gasteiger partial charge in [-0.3, -0.25) is 0 Å². The number of benzene rings is 1. The maximum atomic E-state index is 5.42. The Balaban J connectivity index is 2.14. The number of hydrogen-bond donors (Lipinski definition) is 1. The molecule has 2 rings (SSSR count). The van der Waals surface area contributed by atoms with E-state index >= 15 is 0 Å². The van der Waals surface area contributed by atoms with E-state index in [0.29, 0.717) is 6.04 Å². The van der Waals surface area contributed by atoms with E-state index in [0.717, 1.165) is 29.8 Å². The lowest BCUT2D eigenvalue weighted by molar-refractivity contribution is 0.266. The predicted octanol–water partition coefficient (Wildman–Crippen LogP) is 3.74. The third-order valence-electron chi connectivity index (χ3n) is 3.70. The van der Waals surface area contributed by atoms with Crippen LogP contribution in [-0.2, 0) is 6.54 Å². The minimum Gasteiger partial charge on any atom is -0.331 e. The molecule has 0 fully saturated rings. The van der Waals surface area contributed by atoms with Crippen molar-refractivity contribution in [3.05, 3.63) is 28.5 Å². The van der Waals surface area contributed by atoms with Gasteiger partial charge >= 0.3 is 0 Å². The van der Waals surface area contributed by atoms with Crippen molar-refractivity contribution >= 4 is 23.3 Å². The quantitative estimate of drug-likeness (QED) is 0.842. The molecule has 0 spiro atoms. The minimum atomic E-state index is 0.596. The zero-order valence-corrected chi connectivity index (χ0v) is 13.0. The summed E-state index contributed by atoms with van der Waals surface area (Å²) in [6, 6.07) is 7.02. The highest BCUT2D eigenvalue weighted by Crippen LogP contribution is 2.16. The minimum absolute atomic E-state index is 0.596. The number of imidazole rings is 1. The molecule has 1 heterocycles. The van der Waals surface area contributed by atoms with Gasteiger partial charge in [0.1, 0.15) is 0 Å². The summed E-state index contributed by atoms with van der Waals surface area (Å²) in [6.45, 7) is 8.63. The summed E-state index contributed by atoms with van der Waals surface area (Å²) in [7, 11) is 2.17. The van der Waals surface area contributed by atoms with Gasteiger partial charge in [0.2, 0.25) is 0 Å². The lowest BCUT2D eigenvalue weighted by Gasteiger charge is -2.20. The average molecular weight is 277 g/mol. The molecule has 104 valence electrons. The average Bonchev–Trinajstić information content (AvgIpc) is 2.65. The van der Waals surface area contributed by atoms with Crippen molar-refractivity contribution in [1.82, 2.24) is 14.5 Å². The number of aryl methyl sites for hydroxylation is 2. The number of aromatic amines is 1. The number of hydrogen-bond acceptors (Lipinski definition) is 2. The molecule has 19 heavy (non-hydrogen) atoms. The number of H-pyrrole nitrogens is 1. The number of nitrogens with zero attached hydrogens (tertiary/aromatic N) is 2. The van der Waals surface area contributed by atoms with E-state index < -0.39 is 0 Å². The van der Waals surface area contributed by atoms with Gasteiger partial charge in [-0.2, -0.15) is 0 Å². The maximum absolute atomic E-state index is 5.42. The molecule has 1 N–H and O–H groups in total. The molecule has 0 aliphatic heterocycles. The largest absolute Gasteiger partial charge is 0.331 e. The normalized spacial score (nSPS) is 11.9. The first-order valence-electron chi connectivity index (χ1n) is 6.88. The van der Waals surface area contributed by atoms with E-state index in [4.69, 9.17) is 12.2 Å². The van der Waals surface area contributed by atoms with Crippen molar-refractivity contribution in [2.75, 3.05) is 13.6 Å². The van der Waals surface area contributed by atoms with Crippen LogP contribution in [0.4, 0.5) is 0 Å². The van der Waals surface area contributed by atoms with Crippen molar-refractivity contribution in [3.8, 4) is 0 Å². The van der Waals surface area contributed by atoms with Gasteiger partial charge in [-0.15, -0.1) is 0 Å². The van der Waals surface area contributed by atoms with E-state index in [-0.39, 0.29) is 0 Å². The topological polar surface area (TPSA) is 24.0 Å². The van der Waals surface area contributed by atoms with Crippen LogP contribution in [0.25, 0.3) is 11.0 Å². The van der Waals surface area contributed by atoms with Crippen LogP contribution in [-0.4, -0.2) is 34.1 Å². The van der Waals surface area contributed by atoms with Gasteiger partial charge in [-0.1, -0.05) is 6.07 Å². The summed E-state index contributed by atoms with van der Waals surface area (Å²) in [5.74, 6) is 0. The number of rotatable bonds is 5. The van der Waals surface area contributed by atoms with Crippen molar-refractivity contribution in [2.45, 2.75) is 39.8 Å². The molecule has 0 atom stereocenters. The van der Waals surface area contributed by atoms with Gasteiger partial charge in [-0.05, 0) is 70.7 Å². The fourth-order valence-electron chi connectivity index (χ4n) is 2.22. The Kier molecular flexibility index (Phi) is 4.42. The Labute approximate surface area is 120 Å². The highest BCUT2D eigenvalue weighted by atomic mass is 32.1. The molecule has 2 aromatic rings. The zero-order valence-electron chi connectivity index (χ0n) is 12.2. The van der Waals surface area contributed by atoms with Crippen LogP contribution in [0.1, 0.15) is 25.8 Å². The lowest BCUT2D eigenvalue weighted by Crippen LogP contribution is -2.27. The number of aromatic nitrogens is 2. The van der Waals surface area contributed by atoms with Gasteiger partial charge in [0.05, 0.1) is 11.0 Å². The summed E-state index contributed by atoms with van der Waals surface area (Å²) in [4.78, 5) is 5.64. The van der Waals surface area contributed by atoms with Crippen LogP contribution in [0, 0.1) is 11.7 Å². The van der Waals surface area contributed by atoms with Crippen LogP contribution < -0.4 is 0 Å². The summed E-state index contributed by atoms with van der Waals surface area (Å²) >= 11 is 5.42. The third kappa shape index (κ3) is 3.25. The molecule has 1 aromatic heterocycles. The summed E-state index contributed by atoms with van der Waals surface area (Å²) < 4.78 is 3.04. The van der Waals surface area contributed by atoms with Gasteiger partial charge in [0.25, 0.3) is 0 Å². The molecule has 1 aromatic carbocycles. The van der Waals surface area contributed by atoms with Crippen LogP contribution in [0.3, 0.4) is 0 Å². The van der Waals surface area contributed by atoms with E-state index in [1.807, 2.05) is 0 Å².